The van der Waals surface area contributed by atoms with Gasteiger partial charge in [-0.1, -0.05) is 42.5 Å². The molecule has 0 fully saturated rings. The van der Waals surface area contributed by atoms with E-state index in [0.717, 1.165) is 16.3 Å². The maximum Gasteiger partial charge on any atom is 0.328 e. The van der Waals surface area contributed by atoms with Gasteiger partial charge in [0.05, 0.1) is 13.5 Å². The zero-order chi connectivity index (χ0) is 17.5. The molecule has 0 spiro atoms. The fourth-order valence-electron chi connectivity index (χ4n) is 2.52. The van der Waals surface area contributed by atoms with Crippen LogP contribution in [0.5, 0.6) is 0 Å². The van der Waals surface area contributed by atoms with Gasteiger partial charge >= 0.3 is 5.97 Å². The minimum absolute atomic E-state index is 0.0346. The Bertz CT molecular complexity index is 754. The van der Waals surface area contributed by atoms with Crippen LogP contribution >= 0.6 is 0 Å². The summed E-state index contributed by atoms with van der Waals surface area (Å²) in [5, 5.41) is 4.82. The molecule has 1 N–H and O–H groups in total. The van der Waals surface area contributed by atoms with E-state index in [1.807, 2.05) is 42.5 Å². The number of carbonyl (C=O) groups excluding carboxylic acids is 3. The summed E-state index contributed by atoms with van der Waals surface area (Å²) in [5.74, 6) is -0.847. The molecule has 0 unspecified atom stereocenters. The highest BCUT2D eigenvalue weighted by Gasteiger charge is 2.21. The van der Waals surface area contributed by atoms with Crippen LogP contribution in [-0.4, -0.2) is 30.8 Å². The minimum atomic E-state index is -0.799. The van der Waals surface area contributed by atoms with Gasteiger partial charge in [-0.2, -0.15) is 0 Å². The molecule has 1 amide bonds. The molecule has 24 heavy (non-hydrogen) atoms. The number of nitrogens with one attached hydrogen (secondary N) is 1. The lowest BCUT2D eigenvalue weighted by molar-refractivity contribution is -0.145. The molecular formula is C19H21NO4. The second-order valence-electron chi connectivity index (χ2n) is 5.74. The van der Waals surface area contributed by atoms with Gasteiger partial charge in [0.2, 0.25) is 5.91 Å². The average Bonchev–Trinajstić information content (AvgIpc) is 2.57. The van der Waals surface area contributed by atoms with E-state index in [4.69, 9.17) is 0 Å². The molecule has 1 atom stereocenters. The number of benzene rings is 2. The van der Waals surface area contributed by atoms with Crippen molar-refractivity contribution in [1.82, 2.24) is 5.32 Å². The number of fused-ring (bicyclic) bond motifs is 1. The van der Waals surface area contributed by atoms with Crippen molar-refractivity contribution in [3.05, 3.63) is 48.0 Å². The van der Waals surface area contributed by atoms with Gasteiger partial charge in [0, 0.05) is 6.42 Å². The summed E-state index contributed by atoms with van der Waals surface area (Å²) in [7, 11) is 1.26. The van der Waals surface area contributed by atoms with Gasteiger partial charge in [0.1, 0.15) is 11.8 Å². The van der Waals surface area contributed by atoms with Gasteiger partial charge in [-0.05, 0) is 29.7 Å². The van der Waals surface area contributed by atoms with Crippen LogP contribution in [0.1, 0.15) is 25.3 Å². The SMILES string of the molecule is COC(=O)[C@H](CCC(C)=O)NC(=O)Cc1ccc2ccccc2c1. The molecule has 2 aromatic rings. The fraction of sp³-hybridized carbons (Fsp3) is 0.316. The Balaban J connectivity index is 2.02. The molecule has 2 rings (SSSR count). The Morgan fingerprint density at radius 1 is 1.08 bits per heavy atom. The Kier molecular flexibility index (Phi) is 6.07. The van der Waals surface area contributed by atoms with Crippen molar-refractivity contribution in [1.29, 1.82) is 0 Å². The van der Waals surface area contributed by atoms with Crippen LogP contribution in [0.3, 0.4) is 0 Å². The van der Waals surface area contributed by atoms with E-state index < -0.39 is 12.0 Å². The summed E-state index contributed by atoms with van der Waals surface area (Å²) in [4.78, 5) is 35.1. The number of carbonyl (C=O) groups is 3. The number of ketones is 1. The van der Waals surface area contributed by atoms with Gasteiger partial charge in [-0.25, -0.2) is 4.79 Å². The number of hydrogen-bond acceptors (Lipinski definition) is 4. The summed E-state index contributed by atoms with van der Waals surface area (Å²) >= 11 is 0. The van der Waals surface area contributed by atoms with Crippen LogP contribution in [0, 0.1) is 0 Å². The number of hydrogen-bond donors (Lipinski definition) is 1. The Hall–Kier alpha value is -2.69. The predicted molar refractivity (Wildman–Crippen MR) is 91.5 cm³/mol. The summed E-state index contributed by atoms with van der Waals surface area (Å²) in [6, 6.07) is 12.9. The molecule has 0 saturated heterocycles. The third-order valence-corrected chi connectivity index (χ3v) is 3.78. The van der Waals surface area contributed by atoms with Crippen LogP contribution in [0.4, 0.5) is 0 Å². The number of Topliss-reactive ketones (excluding diaryl/α,β-unsaturated/α-hetero) is 1. The zero-order valence-corrected chi connectivity index (χ0v) is 13.9. The van der Waals surface area contributed by atoms with Crippen molar-refractivity contribution in [2.24, 2.45) is 0 Å². The molecule has 0 saturated carbocycles. The maximum atomic E-state index is 12.2. The summed E-state index contributed by atoms with van der Waals surface area (Å²) in [5.41, 5.74) is 0.862. The van der Waals surface area contributed by atoms with Crippen molar-refractivity contribution in [3.63, 3.8) is 0 Å². The second-order valence-corrected chi connectivity index (χ2v) is 5.74. The first-order valence-electron chi connectivity index (χ1n) is 7.84. The number of ether oxygens (including phenoxy) is 1. The maximum absolute atomic E-state index is 12.2. The van der Waals surface area contributed by atoms with Gasteiger partial charge in [0.15, 0.2) is 0 Å². The molecule has 0 aromatic heterocycles. The third-order valence-electron chi connectivity index (χ3n) is 3.78. The lowest BCUT2D eigenvalue weighted by Crippen LogP contribution is -2.42. The van der Waals surface area contributed by atoms with E-state index in [2.05, 4.69) is 10.1 Å². The van der Waals surface area contributed by atoms with Crippen molar-refractivity contribution in [2.45, 2.75) is 32.2 Å². The van der Waals surface area contributed by atoms with E-state index in [1.165, 1.54) is 14.0 Å². The predicted octanol–water partition coefficient (Wildman–Crippen LogP) is 2.41. The van der Waals surface area contributed by atoms with Crippen molar-refractivity contribution in [2.75, 3.05) is 7.11 Å². The first-order valence-corrected chi connectivity index (χ1v) is 7.84. The molecule has 0 aliphatic rings. The average molecular weight is 327 g/mol. The van der Waals surface area contributed by atoms with E-state index in [0.29, 0.717) is 0 Å². The lowest BCUT2D eigenvalue weighted by atomic mass is 10.0. The standard InChI is InChI=1S/C19H21NO4/c1-13(21)7-10-17(19(23)24-2)20-18(22)12-14-8-9-15-5-3-4-6-16(15)11-14/h3-6,8-9,11,17H,7,10,12H2,1-2H3,(H,20,22)/t17-/m0/s1. The second kappa shape index (κ2) is 8.24. The molecule has 2 aromatic carbocycles. The third kappa shape index (κ3) is 4.91. The molecule has 0 aliphatic carbocycles. The number of rotatable bonds is 7. The highest BCUT2D eigenvalue weighted by molar-refractivity contribution is 5.88. The fourth-order valence-corrected chi connectivity index (χ4v) is 2.52. The molecular weight excluding hydrogens is 306 g/mol. The molecule has 0 heterocycles. The molecule has 5 heteroatoms. The van der Waals surface area contributed by atoms with E-state index >= 15 is 0 Å². The number of esters is 1. The van der Waals surface area contributed by atoms with Crippen LogP contribution in [0.2, 0.25) is 0 Å². The quantitative estimate of drug-likeness (QED) is 0.793. The van der Waals surface area contributed by atoms with Gasteiger partial charge in [-0.15, -0.1) is 0 Å². The van der Waals surface area contributed by atoms with Gasteiger partial charge in [-0.3, -0.25) is 4.79 Å². The molecule has 0 bridgehead atoms. The smallest absolute Gasteiger partial charge is 0.328 e. The topological polar surface area (TPSA) is 72.5 Å². The lowest BCUT2D eigenvalue weighted by Gasteiger charge is -2.16. The molecule has 0 radical (unpaired) electrons. The summed E-state index contributed by atoms with van der Waals surface area (Å²) < 4.78 is 4.69. The summed E-state index contributed by atoms with van der Waals surface area (Å²) in [6.45, 7) is 1.45. The van der Waals surface area contributed by atoms with E-state index in [9.17, 15) is 14.4 Å². The van der Waals surface area contributed by atoms with Crippen LogP contribution in [0.25, 0.3) is 10.8 Å². The highest BCUT2D eigenvalue weighted by Crippen LogP contribution is 2.16. The molecule has 5 nitrogen and oxygen atoms in total. The Labute approximate surface area is 141 Å². The van der Waals surface area contributed by atoms with Crippen molar-refractivity contribution >= 4 is 28.4 Å². The normalized spacial score (nSPS) is 11.8. The monoisotopic (exact) mass is 327 g/mol. The highest BCUT2D eigenvalue weighted by atomic mass is 16.5. The van der Waals surface area contributed by atoms with Crippen LogP contribution < -0.4 is 5.32 Å². The van der Waals surface area contributed by atoms with Crippen LogP contribution in [-0.2, 0) is 25.5 Å². The Morgan fingerprint density at radius 2 is 1.79 bits per heavy atom. The first-order chi connectivity index (χ1) is 11.5. The van der Waals surface area contributed by atoms with E-state index in [1.54, 1.807) is 0 Å². The minimum Gasteiger partial charge on any atom is -0.467 e. The zero-order valence-electron chi connectivity index (χ0n) is 13.9. The molecule has 0 aliphatic heterocycles. The number of amides is 1. The molecule has 126 valence electrons. The van der Waals surface area contributed by atoms with Crippen molar-refractivity contribution < 1.29 is 19.1 Å². The van der Waals surface area contributed by atoms with E-state index in [-0.39, 0.29) is 31.0 Å². The largest absolute Gasteiger partial charge is 0.467 e. The van der Waals surface area contributed by atoms with Crippen LogP contribution in [0.15, 0.2) is 42.5 Å². The Morgan fingerprint density at radius 3 is 2.46 bits per heavy atom. The summed E-state index contributed by atoms with van der Waals surface area (Å²) in [6.07, 6.45) is 0.625. The first kappa shape index (κ1) is 17.7. The number of methoxy groups -OCH3 is 1. The van der Waals surface area contributed by atoms with Gasteiger partial charge in [0.25, 0.3) is 0 Å². The van der Waals surface area contributed by atoms with Gasteiger partial charge < -0.3 is 14.8 Å². The van der Waals surface area contributed by atoms with Crippen molar-refractivity contribution in [3.8, 4) is 0 Å².